The van der Waals surface area contributed by atoms with Crippen LogP contribution in [0.4, 0.5) is 0 Å². The van der Waals surface area contributed by atoms with Crippen LogP contribution in [0, 0.1) is 0 Å². The van der Waals surface area contributed by atoms with Crippen LogP contribution < -0.4 is 11.1 Å². The van der Waals surface area contributed by atoms with Crippen LogP contribution in [0.15, 0.2) is 24.3 Å². The van der Waals surface area contributed by atoms with Crippen molar-refractivity contribution in [1.29, 1.82) is 0 Å². The minimum atomic E-state index is -0.180. The van der Waals surface area contributed by atoms with Gasteiger partial charge in [-0.25, -0.2) is 0 Å². The molecule has 1 aliphatic carbocycles. The molecule has 0 bridgehead atoms. The third kappa shape index (κ3) is 3.33. The highest BCUT2D eigenvalue weighted by Crippen LogP contribution is 2.42. The van der Waals surface area contributed by atoms with E-state index in [4.69, 9.17) is 5.73 Å². The van der Waals surface area contributed by atoms with E-state index < -0.39 is 0 Å². The van der Waals surface area contributed by atoms with Crippen molar-refractivity contribution in [1.82, 2.24) is 5.32 Å². The number of nitrogens with two attached hydrogens (primary N) is 1. The van der Waals surface area contributed by atoms with Crippen molar-refractivity contribution in [2.75, 3.05) is 0 Å². The Hall–Kier alpha value is -1.35. The number of benzene rings is 1. The molecule has 0 aliphatic heterocycles. The summed E-state index contributed by atoms with van der Waals surface area (Å²) in [7, 11) is 0. The van der Waals surface area contributed by atoms with Gasteiger partial charge in [0, 0.05) is 11.1 Å². The van der Waals surface area contributed by atoms with Gasteiger partial charge in [-0.2, -0.15) is 0 Å². The van der Waals surface area contributed by atoms with Gasteiger partial charge in [0.25, 0.3) is 0 Å². The first-order chi connectivity index (χ1) is 8.28. The normalized spacial score (nSPS) is 17.3. The smallest absolute Gasteiger partial charge is 0.224 e. The molecule has 3 nitrogen and oxygen atoms in total. The Balaban J connectivity index is 2.04. The first-order valence-corrected chi connectivity index (χ1v) is 6.48. The van der Waals surface area contributed by atoms with E-state index in [1.165, 1.54) is 0 Å². The molecule has 1 saturated carbocycles. The zero-order chi connectivity index (χ0) is 13.4. The summed E-state index contributed by atoms with van der Waals surface area (Å²) in [6.45, 7) is 5.96. The van der Waals surface area contributed by atoms with Crippen LogP contribution >= 0.6 is 0 Å². The number of hydrogen-bond donors (Lipinski definition) is 2. The fourth-order valence-corrected chi connectivity index (χ4v) is 2.06. The van der Waals surface area contributed by atoms with E-state index in [-0.39, 0.29) is 17.0 Å². The standard InChI is InChI=1S/C15H22N2O/c1-14(2,3)17-13(18)10-11-5-4-6-12(9-11)15(16)7-8-15/h4-6,9H,7-8,10,16H2,1-3H3,(H,17,18). The summed E-state index contributed by atoms with van der Waals surface area (Å²) >= 11 is 0. The SMILES string of the molecule is CC(C)(C)NC(=O)Cc1cccc(C2(N)CC2)c1. The van der Waals surface area contributed by atoms with Crippen LogP contribution in [0.3, 0.4) is 0 Å². The lowest BCUT2D eigenvalue weighted by molar-refractivity contribution is -0.121. The van der Waals surface area contributed by atoms with Crippen LogP contribution in [0.5, 0.6) is 0 Å². The van der Waals surface area contributed by atoms with Crippen LogP contribution in [-0.4, -0.2) is 11.4 Å². The van der Waals surface area contributed by atoms with Crippen LogP contribution in [0.25, 0.3) is 0 Å². The molecule has 0 atom stereocenters. The van der Waals surface area contributed by atoms with Crippen LogP contribution in [0.2, 0.25) is 0 Å². The van der Waals surface area contributed by atoms with Gasteiger partial charge in [-0.05, 0) is 44.7 Å². The van der Waals surface area contributed by atoms with Crippen LogP contribution in [0.1, 0.15) is 44.7 Å². The molecule has 2 rings (SSSR count). The fourth-order valence-electron chi connectivity index (χ4n) is 2.06. The maximum Gasteiger partial charge on any atom is 0.224 e. The molecule has 3 heteroatoms. The molecule has 1 aromatic rings. The monoisotopic (exact) mass is 246 g/mol. The summed E-state index contributed by atoms with van der Waals surface area (Å²) in [6.07, 6.45) is 2.51. The Labute approximate surface area is 109 Å². The Morgan fingerprint density at radius 2 is 2.06 bits per heavy atom. The van der Waals surface area contributed by atoms with E-state index in [1.807, 2.05) is 32.9 Å². The van der Waals surface area contributed by atoms with Crippen LogP contribution in [-0.2, 0) is 16.8 Å². The minimum absolute atomic E-state index is 0.0570. The highest BCUT2D eigenvalue weighted by Gasteiger charge is 2.39. The van der Waals surface area contributed by atoms with Gasteiger partial charge in [0.15, 0.2) is 0 Å². The molecule has 0 unspecified atom stereocenters. The molecule has 1 amide bonds. The molecular formula is C15H22N2O. The van der Waals surface area contributed by atoms with Crippen molar-refractivity contribution in [2.24, 2.45) is 5.73 Å². The molecule has 0 heterocycles. The average Bonchev–Trinajstić information content (AvgIpc) is 2.95. The molecule has 18 heavy (non-hydrogen) atoms. The summed E-state index contributed by atoms with van der Waals surface area (Å²) in [4.78, 5) is 11.9. The van der Waals surface area contributed by atoms with E-state index in [9.17, 15) is 4.79 Å². The number of rotatable bonds is 3. The molecule has 98 valence electrons. The lowest BCUT2D eigenvalue weighted by atomic mass is 10.0. The zero-order valence-electron chi connectivity index (χ0n) is 11.4. The van der Waals surface area contributed by atoms with Gasteiger partial charge in [-0.15, -0.1) is 0 Å². The molecule has 0 saturated heterocycles. The highest BCUT2D eigenvalue weighted by molar-refractivity contribution is 5.79. The quantitative estimate of drug-likeness (QED) is 0.858. The Bertz CT molecular complexity index is 456. The summed E-state index contributed by atoms with van der Waals surface area (Å²) in [5.41, 5.74) is 8.05. The largest absolute Gasteiger partial charge is 0.351 e. The van der Waals surface area contributed by atoms with E-state index in [1.54, 1.807) is 0 Å². The van der Waals surface area contributed by atoms with Gasteiger partial charge in [-0.3, -0.25) is 4.79 Å². The second kappa shape index (κ2) is 4.39. The highest BCUT2D eigenvalue weighted by atomic mass is 16.1. The summed E-state index contributed by atoms with van der Waals surface area (Å²) in [5.74, 6) is 0.0570. The number of amides is 1. The second-order valence-corrected chi connectivity index (χ2v) is 6.33. The van der Waals surface area contributed by atoms with E-state index >= 15 is 0 Å². The third-order valence-corrected chi connectivity index (χ3v) is 3.17. The molecule has 0 aromatic heterocycles. The average molecular weight is 246 g/mol. The van der Waals surface area contributed by atoms with Gasteiger partial charge in [0.2, 0.25) is 5.91 Å². The van der Waals surface area contributed by atoms with Gasteiger partial charge in [0.05, 0.1) is 6.42 Å². The topological polar surface area (TPSA) is 55.1 Å². The van der Waals surface area contributed by atoms with Gasteiger partial charge in [0.1, 0.15) is 0 Å². The number of carbonyl (C=O) groups excluding carboxylic acids is 1. The summed E-state index contributed by atoms with van der Waals surface area (Å²) in [6, 6.07) is 8.09. The van der Waals surface area contributed by atoms with Gasteiger partial charge in [-0.1, -0.05) is 24.3 Å². The van der Waals surface area contributed by atoms with E-state index in [0.717, 1.165) is 24.0 Å². The lowest BCUT2D eigenvalue weighted by Crippen LogP contribution is -2.41. The summed E-state index contributed by atoms with van der Waals surface area (Å²) < 4.78 is 0. The van der Waals surface area contributed by atoms with Crippen molar-refractivity contribution in [3.8, 4) is 0 Å². The Morgan fingerprint density at radius 1 is 1.39 bits per heavy atom. The Morgan fingerprint density at radius 3 is 2.61 bits per heavy atom. The second-order valence-electron chi connectivity index (χ2n) is 6.33. The maximum absolute atomic E-state index is 11.9. The van der Waals surface area contributed by atoms with Crippen molar-refractivity contribution in [2.45, 2.75) is 51.1 Å². The first-order valence-electron chi connectivity index (χ1n) is 6.48. The van der Waals surface area contributed by atoms with Gasteiger partial charge < -0.3 is 11.1 Å². The molecule has 1 aromatic carbocycles. The van der Waals surface area contributed by atoms with Crippen molar-refractivity contribution >= 4 is 5.91 Å². The van der Waals surface area contributed by atoms with E-state index in [2.05, 4.69) is 17.4 Å². The maximum atomic E-state index is 11.9. The molecule has 0 spiro atoms. The van der Waals surface area contributed by atoms with Crippen molar-refractivity contribution < 1.29 is 4.79 Å². The number of carbonyl (C=O) groups is 1. The fraction of sp³-hybridized carbons (Fsp3) is 0.533. The minimum Gasteiger partial charge on any atom is -0.351 e. The van der Waals surface area contributed by atoms with Crippen molar-refractivity contribution in [3.63, 3.8) is 0 Å². The lowest BCUT2D eigenvalue weighted by Gasteiger charge is -2.20. The van der Waals surface area contributed by atoms with Gasteiger partial charge >= 0.3 is 0 Å². The molecule has 3 N–H and O–H groups in total. The first kappa shape index (κ1) is 13.1. The number of nitrogens with one attached hydrogen (secondary N) is 1. The molecular weight excluding hydrogens is 224 g/mol. The predicted molar refractivity (Wildman–Crippen MR) is 73.1 cm³/mol. The summed E-state index contributed by atoms with van der Waals surface area (Å²) in [5, 5.41) is 2.97. The molecule has 0 radical (unpaired) electrons. The van der Waals surface area contributed by atoms with Crippen molar-refractivity contribution in [3.05, 3.63) is 35.4 Å². The predicted octanol–water partition coefficient (Wildman–Crippen LogP) is 2.09. The zero-order valence-corrected chi connectivity index (χ0v) is 11.4. The van der Waals surface area contributed by atoms with E-state index in [0.29, 0.717) is 6.42 Å². The molecule has 1 aliphatic rings. The Kier molecular flexibility index (Phi) is 3.20. The third-order valence-electron chi connectivity index (χ3n) is 3.17. The molecule has 1 fully saturated rings. The number of hydrogen-bond acceptors (Lipinski definition) is 2.